The van der Waals surface area contributed by atoms with Crippen molar-refractivity contribution in [2.45, 2.75) is 0 Å². The molecular weight excluding hydrogens is 222 g/mol. The molecule has 2 rings (SSSR count). The lowest BCUT2D eigenvalue weighted by molar-refractivity contribution is 0.475. The molecule has 0 fully saturated rings. The standard InChI is InChI=1S/C9H7N7O/c10-4-6(8-13-15-16-14-8)5-12-9-7(17)2-1-3-11-9/h1-3,5,17H,(H,11,12)(H,13,14,15,16). The second kappa shape index (κ2) is 4.71. The van der Waals surface area contributed by atoms with E-state index < -0.39 is 0 Å². The lowest BCUT2D eigenvalue weighted by Crippen LogP contribution is -1.95. The lowest BCUT2D eigenvalue weighted by atomic mass is 10.3. The van der Waals surface area contributed by atoms with E-state index in [0.717, 1.165) is 0 Å². The van der Waals surface area contributed by atoms with Crippen molar-refractivity contribution in [2.75, 3.05) is 5.32 Å². The van der Waals surface area contributed by atoms with Gasteiger partial charge < -0.3 is 10.4 Å². The first kappa shape index (κ1) is 10.6. The van der Waals surface area contributed by atoms with Crippen LogP contribution in [-0.2, 0) is 0 Å². The van der Waals surface area contributed by atoms with Crippen LogP contribution in [0, 0.1) is 11.3 Å². The maximum atomic E-state index is 9.44. The Labute approximate surface area is 95.6 Å². The Morgan fingerprint density at radius 1 is 1.59 bits per heavy atom. The van der Waals surface area contributed by atoms with E-state index >= 15 is 0 Å². The van der Waals surface area contributed by atoms with Crippen LogP contribution < -0.4 is 5.32 Å². The fourth-order valence-corrected chi connectivity index (χ4v) is 1.08. The van der Waals surface area contributed by atoms with Crippen LogP contribution in [0.1, 0.15) is 5.82 Å². The predicted octanol–water partition coefficient (Wildman–Crippen LogP) is 0.277. The maximum absolute atomic E-state index is 9.44. The molecule has 8 heteroatoms. The maximum Gasteiger partial charge on any atom is 0.191 e. The summed E-state index contributed by atoms with van der Waals surface area (Å²) in [5, 5.41) is 33.8. The van der Waals surface area contributed by atoms with Gasteiger partial charge in [-0.2, -0.15) is 5.26 Å². The SMILES string of the molecule is N#CC(=CNc1ncccc1O)c1nnn[nH]1. The minimum Gasteiger partial charge on any atom is -0.504 e. The first-order chi connectivity index (χ1) is 8.31. The molecule has 0 aromatic carbocycles. The highest BCUT2D eigenvalue weighted by Crippen LogP contribution is 2.19. The van der Waals surface area contributed by atoms with Gasteiger partial charge in [0.05, 0.1) is 0 Å². The molecule has 17 heavy (non-hydrogen) atoms. The molecule has 0 spiro atoms. The number of nitrogens with zero attached hydrogens (tertiary/aromatic N) is 5. The highest BCUT2D eigenvalue weighted by Gasteiger charge is 2.05. The van der Waals surface area contributed by atoms with E-state index in [9.17, 15) is 5.11 Å². The van der Waals surface area contributed by atoms with E-state index in [1.807, 2.05) is 6.07 Å². The van der Waals surface area contributed by atoms with E-state index in [2.05, 4.69) is 30.9 Å². The van der Waals surface area contributed by atoms with Crippen molar-refractivity contribution >= 4 is 11.4 Å². The van der Waals surface area contributed by atoms with Crippen LogP contribution in [0.25, 0.3) is 5.57 Å². The molecule has 0 aliphatic rings. The smallest absolute Gasteiger partial charge is 0.191 e. The fourth-order valence-electron chi connectivity index (χ4n) is 1.08. The minimum atomic E-state index is -0.0169. The predicted molar refractivity (Wildman–Crippen MR) is 57.3 cm³/mol. The van der Waals surface area contributed by atoms with Gasteiger partial charge in [-0.25, -0.2) is 10.1 Å². The van der Waals surface area contributed by atoms with Crippen LogP contribution in [0.4, 0.5) is 5.82 Å². The lowest BCUT2D eigenvalue weighted by Gasteiger charge is -2.01. The highest BCUT2D eigenvalue weighted by atomic mass is 16.3. The number of hydrogen-bond donors (Lipinski definition) is 3. The Hall–Kier alpha value is -2.95. The Morgan fingerprint density at radius 3 is 3.12 bits per heavy atom. The Kier molecular flexibility index (Phi) is 2.93. The van der Waals surface area contributed by atoms with Crippen molar-refractivity contribution in [1.29, 1.82) is 5.26 Å². The summed E-state index contributed by atoms with van der Waals surface area (Å²) < 4.78 is 0. The van der Waals surface area contributed by atoms with Crippen molar-refractivity contribution in [3.8, 4) is 11.8 Å². The number of rotatable bonds is 3. The molecule has 0 saturated heterocycles. The molecule has 3 N–H and O–H groups in total. The number of tetrazole rings is 1. The van der Waals surface area contributed by atoms with Crippen LogP contribution in [0.5, 0.6) is 5.75 Å². The zero-order chi connectivity index (χ0) is 12.1. The number of aromatic nitrogens is 5. The first-order valence-electron chi connectivity index (χ1n) is 4.56. The van der Waals surface area contributed by atoms with E-state index in [1.54, 1.807) is 6.07 Å². The summed E-state index contributed by atoms with van der Waals surface area (Å²) in [5.74, 6) is 0.458. The van der Waals surface area contributed by atoms with Gasteiger partial charge in [-0.3, -0.25) is 0 Å². The molecule has 0 atom stereocenters. The Bertz CT molecular complexity index is 569. The van der Waals surface area contributed by atoms with Gasteiger partial charge in [0.15, 0.2) is 17.4 Å². The Morgan fingerprint density at radius 2 is 2.47 bits per heavy atom. The van der Waals surface area contributed by atoms with Crippen molar-refractivity contribution in [3.63, 3.8) is 0 Å². The molecule has 0 aliphatic heterocycles. The fraction of sp³-hybridized carbons (Fsp3) is 0. The molecule has 84 valence electrons. The number of pyridine rings is 1. The summed E-state index contributed by atoms with van der Waals surface area (Å²) in [4.78, 5) is 3.89. The van der Waals surface area contributed by atoms with Crippen LogP contribution in [0.2, 0.25) is 0 Å². The zero-order valence-electron chi connectivity index (χ0n) is 8.49. The third kappa shape index (κ3) is 2.35. The van der Waals surface area contributed by atoms with Crippen molar-refractivity contribution in [2.24, 2.45) is 0 Å². The van der Waals surface area contributed by atoms with Gasteiger partial charge in [0.1, 0.15) is 11.6 Å². The third-order valence-electron chi connectivity index (χ3n) is 1.86. The number of nitriles is 1. The molecule has 0 amide bonds. The van der Waals surface area contributed by atoms with Crippen molar-refractivity contribution < 1.29 is 5.11 Å². The summed E-state index contributed by atoms with van der Waals surface area (Å²) in [5.41, 5.74) is 0.194. The largest absolute Gasteiger partial charge is 0.504 e. The monoisotopic (exact) mass is 229 g/mol. The average Bonchev–Trinajstić information content (AvgIpc) is 2.86. The van der Waals surface area contributed by atoms with Gasteiger partial charge in [-0.15, -0.1) is 5.10 Å². The van der Waals surface area contributed by atoms with Gasteiger partial charge in [0, 0.05) is 12.4 Å². The summed E-state index contributed by atoms with van der Waals surface area (Å²) in [6.07, 6.45) is 2.86. The van der Waals surface area contributed by atoms with E-state index in [0.29, 0.717) is 0 Å². The third-order valence-corrected chi connectivity index (χ3v) is 1.86. The van der Waals surface area contributed by atoms with E-state index in [-0.39, 0.29) is 23.0 Å². The van der Waals surface area contributed by atoms with Gasteiger partial charge in [0.25, 0.3) is 0 Å². The molecule has 0 unspecified atom stereocenters. The highest BCUT2D eigenvalue weighted by molar-refractivity contribution is 5.74. The quantitative estimate of drug-likeness (QED) is 0.645. The number of aromatic amines is 1. The second-order valence-corrected chi connectivity index (χ2v) is 2.94. The van der Waals surface area contributed by atoms with Crippen LogP contribution in [0.15, 0.2) is 24.5 Å². The van der Waals surface area contributed by atoms with E-state index in [1.165, 1.54) is 18.5 Å². The molecule has 0 bridgehead atoms. The molecule has 0 radical (unpaired) electrons. The average molecular weight is 229 g/mol. The molecule has 0 aliphatic carbocycles. The number of hydrogen-bond acceptors (Lipinski definition) is 7. The number of H-pyrrole nitrogens is 1. The van der Waals surface area contributed by atoms with Crippen LogP contribution >= 0.6 is 0 Å². The summed E-state index contributed by atoms with van der Waals surface area (Å²) >= 11 is 0. The first-order valence-corrected chi connectivity index (χ1v) is 4.56. The molecule has 2 aromatic heterocycles. The molecule has 0 saturated carbocycles. The molecule has 8 nitrogen and oxygen atoms in total. The second-order valence-electron chi connectivity index (χ2n) is 2.94. The molecule has 2 heterocycles. The van der Waals surface area contributed by atoms with E-state index in [4.69, 9.17) is 5.26 Å². The number of nitrogens with one attached hydrogen (secondary N) is 2. The zero-order valence-corrected chi connectivity index (χ0v) is 8.49. The summed E-state index contributed by atoms with van der Waals surface area (Å²) in [6, 6.07) is 4.98. The number of aromatic hydroxyl groups is 1. The topological polar surface area (TPSA) is 123 Å². The van der Waals surface area contributed by atoms with Crippen molar-refractivity contribution in [3.05, 3.63) is 30.4 Å². The van der Waals surface area contributed by atoms with Crippen LogP contribution in [0.3, 0.4) is 0 Å². The number of anilines is 1. The van der Waals surface area contributed by atoms with Crippen LogP contribution in [-0.4, -0.2) is 30.7 Å². The normalized spacial score (nSPS) is 10.9. The van der Waals surface area contributed by atoms with Gasteiger partial charge in [-0.05, 0) is 22.6 Å². The van der Waals surface area contributed by atoms with Gasteiger partial charge in [0.2, 0.25) is 0 Å². The molecule has 2 aromatic rings. The number of allylic oxidation sites excluding steroid dienone is 1. The Balaban J connectivity index is 2.21. The summed E-state index contributed by atoms with van der Waals surface area (Å²) in [6.45, 7) is 0. The molecular formula is C9H7N7O. The minimum absolute atomic E-state index is 0.0169. The van der Waals surface area contributed by atoms with Crippen molar-refractivity contribution in [1.82, 2.24) is 25.6 Å². The van der Waals surface area contributed by atoms with Gasteiger partial charge in [-0.1, -0.05) is 0 Å². The summed E-state index contributed by atoms with van der Waals surface area (Å²) in [7, 11) is 0. The van der Waals surface area contributed by atoms with Gasteiger partial charge >= 0.3 is 0 Å².